The van der Waals surface area contributed by atoms with E-state index in [9.17, 15) is 23.4 Å². The lowest BCUT2D eigenvalue weighted by atomic mass is 9.95. The molecule has 2 fully saturated rings. The lowest BCUT2D eigenvalue weighted by Gasteiger charge is -2.28. The summed E-state index contributed by atoms with van der Waals surface area (Å²) in [6.45, 7) is 0.271. The van der Waals surface area contributed by atoms with Gasteiger partial charge in [0.15, 0.2) is 11.5 Å². The van der Waals surface area contributed by atoms with E-state index in [0.29, 0.717) is 12.8 Å². The highest BCUT2D eigenvalue weighted by atomic mass is 32.2. The predicted octanol–water partition coefficient (Wildman–Crippen LogP) is 1.70. The Morgan fingerprint density at radius 1 is 1.04 bits per heavy atom. The standard InChI is InChI=1S/C17H24N2O5S/c20-15-9-8-13(11-16(15)21)25(23,24)19-10-4-7-14(19)17(22)18-12-5-2-1-3-6-12/h8-9,11-12,14,20-21H,1-7,10H2,(H,18,22)/t14-/m0/s1. The Labute approximate surface area is 147 Å². The van der Waals surface area contributed by atoms with Crippen LogP contribution in [-0.2, 0) is 14.8 Å². The molecule has 25 heavy (non-hydrogen) atoms. The van der Waals surface area contributed by atoms with Gasteiger partial charge in [-0.2, -0.15) is 4.31 Å². The van der Waals surface area contributed by atoms with Gasteiger partial charge in [0.2, 0.25) is 15.9 Å². The number of phenolic OH excluding ortho intramolecular Hbond substituents is 2. The van der Waals surface area contributed by atoms with Crippen molar-refractivity contribution in [2.45, 2.75) is 61.9 Å². The number of nitrogens with one attached hydrogen (secondary N) is 1. The maximum absolute atomic E-state index is 12.9. The van der Waals surface area contributed by atoms with Gasteiger partial charge in [0.1, 0.15) is 6.04 Å². The van der Waals surface area contributed by atoms with Gasteiger partial charge in [-0.3, -0.25) is 4.79 Å². The van der Waals surface area contributed by atoms with Crippen LogP contribution in [-0.4, -0.2) is 47.5 Å². The first kappa shape index (κ1) is 18.0. The Hall–Kier alpha value is -1.80. The lowest BCUT2D eigenvalue weighted by molar-refractivity contribution is -0.125. The molecular formula is C17H24N2O5S. The van der Waals surface area contributed by atoms with Gasteiger partial charge in [-0.1, -0.05) is 19.3 Å². The number of carbonyl (C=O) groups is 1. The molecule has 1 aromatic carbocycles. The van der Waals surface area contributed by atoms with Crippen molar-refractivity contribution in [3.05, 3.63) is 18.2 Å². The number of carbonyl (C=O) groups excluding carboxylic acids is 1. The van der Waals surface area contributed by atoms with Crippen LogP contribution in [0.3, 0.4) is 0 Å². The smallest absolute Gasteiger partial charge is 0.243 e. The van der Waals surface area contributed by atoms with E-state index in [1.165, 1.54) is 16.8 Å². The van der Waals surface area contributed by atoms with Crippen LogP contribution < -0.4 is 5.32 Å². The molecule has 1 aromatic rings. The van der Waals surface area contributed by atoms with E-state index in [1.807, 2.05) is 0 Å². The van der Waals surface area contributed by atoms with E-state index in [1.54, 1.807) is 0 Å². The Balaban J connectivity index is 1.77. The molecule has 1 saturated carbocycles. The van der Waals surface area contributed by atoms with Gasteiger partial charge in [0.25, 0.3) is 0 Å². The van der Waals surface area contributed by atoms with Crippen molar-refractivity contribution in [1.29, 1.82) is 0 Å². The molecule has 1 aliphatic carbocycles. The third kappa shape index (κ3) is 3.74. The molecule has 3 rings (SSSR count). The average Bonchev–Trinajstić information content (AvgIpc) is 3.09. The van der Waals surface area contributed by atoms with Crippen LogP contribution in [0.4, 0.5) is 0 Å². The molecule has 1 atom stereocenters. The molecule has 2 aliphatic rings. The fourth-order valence-electron chi connectivity index (χ4n) is 3.63. The van der Waals surface area contributed by atoms with E-state index in [0.717, 1.165) is 37.8 Å². The first-order chi connectivity index (χ1) is 11.9. The van der Waals surface area contributed by atoms with Crippen LogP contribution in [0, 0.1) is 0 Å². The van der Waals surface area contributed by atoms with E-state index in [-0.39, 0.29) is 29.1 Å². The molecule has 1 heterocycles. The van der Waals surface area contributed by atoms with Crippen LogP contribution in [0.1, 0.15) is 44.9 Å². The van der Waals surface area contributed by atoms with E-state index in [2.05, 4.69) is 5.32 Å². The summed E-state index contributed by atoms with van der Waals surface area (Å²) in [5.41, 5.74) is 0. The monoisotopic (exact) mass is 368 g/mol. The number of amides is 1. The quantitative estimate of drug-likeness (QED) is 0.701. The van der Waals surface area contributed by atoms with Crippen molar-refractivity contribution in [3.8, 4) is 11.5 Å². The molecule has 0 radical (unpaired) electrons. The molecule has 0 aromatic heterocycles. The average molecular weight is 368 g/mol. The summed E-state index contributed by atoms with van der Waals surface area (Å²) in [6, 6.07) is 2.79. The van der Waals surface area contributed by atoms with Crippen LogP contribution in [0.2, 0.25) is 0 Å². The number of hydrogen-bond acceptors (Lipinski definition) is 5. The van der Waals surface area contributed by atoms with Crippen molar-refractivity contribution in [2.24, 2.45) is 0 Å². The van der Waals surface area contributed by atoms with Crippen molar-refractivity contribution < 1.29 is 23.4 Å². The number of rotatable bonds is 4. The topological polar surface area (TPSA) is 107 Å². The van der Waals surface area contributed by atoms with Crippen LogP contribution in [0.15, 0.2) is 23.1 Å². The molecule has 3 N–H and O–H groups in total. The number of benzene rings is 1. The number of nitrogens with zero attached hydrogens (tertiary/aromatic N) is 1. The highest BCUT2D eigenvalue weighted by Crippen LogP contribution is 2.32. The zero-order valence-corrected chi connectivity index (χ0v) is 14.8. The van der Waals surface area contributed by atoms with Gasteiger partial charge in [0.05, 0.1) is 4.90 Å². The number of hydrogen-bond donors (Lipinski definition) is 3. The fraction of sp³-hybridized carbons (Fsp3) is 0.588. The number of aromatic hydroxyl groups is 2. The molecule has 0 bridgehead atoms. The molecular weight excluding hydrogens is 344 g/mol. The second-order valence-corrected chi connectivity index (χ2v) is 8.66. The Bertz CT molecular complexity index is 743. The van der Waals surface area contributed by atoms with Crippen molar-refractivity contribution in [3.63, 3.8) is 0 Å². The molecule has 7 nitrogen and oxygen atoms in total. The zero-order valence-electron chi connectivity index (χ0n) is 14.0. The Morgan fingerprint density at radius 2 is 1.76 bits per heavy atom. The summed E-state index contributed by atoms with van der Waals surface area (Å²) in [5.74, 6) is -1.12. The maximum atomic E-state index is 12.9. The Morgan fingerprint density at radius 3 is 2.44 bits per heavy atom. The molecule has 8 heteroatoms. The van der Waals surface area contributed by atoms with Gasteiger partial charge in [-0.25, -0.2) is 8.42 Å². The van der Waals surface area contributed by atoms with E-state index >= 15 is 0 Å². The maximum Gasteiger partial charge on any atom is 0.243 e. The SMILES string of the molecule is O=C(NC1CCCCC1)[C@@H]1CCCN1S(=O)(=O)c1ccc(O)c(O)c1. The minimum atomic E-state index is -3.91. The highest BCUT2D eigenvalue weighted by Gasteiger charge is 2.40. The normalized spacial score (nSPS) is 22.8. The van der Waals surface area contributed by atoms with Gasteiger partial charge < -0.3 is 15.5 Å². The summed E-state index contributed by atoms with van der Waals surface area (Å²) >= 11 is 0. The summed E-state index contributed by atoms with van der Waals surface area (Å²) in [7, 11) is -3.91. The highest BCUT2D eigenvalue weighted by molar-refractivity contribution is 7.89. The van der Waals surface area contributed by atoms with Crippen LogP contribution >= 0.6 is 0 Å². The summed E-state index contributed by atoms with van der Waals surface area (Å²) in [5, 5.41) is 22.0. The first-order valence-corrected chi connectivity index (χ1v) is 10.2. The van der Waals surface area contributed by atoms with Gasteiger partial charge in [0, 0.05) is 18.7 Å². The first-order valence-electron chi connectivity index (χ1n) is 8.74. The molecule has 1 amide bonds. The minimum absolute atomic E-state index is 0.125. The summed E-state index contributed by atoms with van der Waals surface area (Å²) in [6.07, 6.45) is 6.34. The lowest BCUT2D eigenvalue weighted by Crippen LogP contribution is -2.49. The predicted molar refractivity (Wildman–Crippen MR) is 91.7 cm³/mol. The molecule has 1 aliphatic heterocycles. The zero-order chi connectivity index (χ0) is 18.0. The van der Waals surface area contributed by atoms with E-state index in [4.69, 9.17) is 0 Å². The Kier molecular flexibility index (Phi) is 5.19. The third-order valence-electron chi connectivity index (χ3n) is 5.01. The van der Waals surface area contributed by atoms with Crippen LogP contribution in [0.25, 0.3) is 0 Å². The second kappa shape index (κ2) is 7.21. The third-order valence-corrected chi connectivity index (χ3v) is 6.92. The second-order valence-electron chi connectivity index (χ2n) is 6.77. The van der Waals surface area contributed by atoms with Crippen LogP contribution in [0.5, 0.6) is 11.5 Å². The van der Waals surface area contributed by atoms with Crippen molar-refractivity contribution in [2.75, 3.05) is 6.54 Å². The van der Waals surface area contributed by atoms with Gasteiger partial charge >= 0.3 is 0 Å². The molecule has 1 saturated heterocycles. The minimum Gasteiger partial charge on any atom is -0.504 e. The summed E-state index contributed by atoms with van der Waals surface area (Å²) < 4.78 is 26.9. The van der Waals surface area contributed by atoms with Crippen molar-refractivity contribution >= 4 is 15.9 Å². The number of phenols is 2. The number of sulfonamides is 1. The van der Waals surface area contributed by atoms with Gasteiger partial charge in [-0.15, -0.1) is 0 Å². The summed E-state index contributed by atoms with van der Waals surface area (Å²) in [4.78, 5) is 12.5. The largest absolute Gasteiger partial charge is 0.504 e. The molecule has 0 unspecified atom stereocenters. The van der Waals surface area contributed by atoms with Gasteiger partial charge in [-0.05, 0) is 37.8 Å². The molecule has 0 spiro atoms. The van der Waals surface area contributed by atoms with Crippen molar-refractivity contribution in [1.82, 2.24) is 9.62 Å². The fourth-order valence-corrected chi connectivity index (χ4v) is 5.31. The van der Waals surface area contributed by atoms with E-state index < -0.39 is 21.8 Å². The molecule has 138 valence electrons.